The number of fused-ring (bicyclic) bond motifs is 1. The molecule has 0 spiro atoms. The van der Waals surface area contributed by atoms with Crippen LogP contribution in [-0.4, -0.2) is 47.4 Å². The third-order valence-corrected chi connectivity index (χ3v) is 3.73. The molecule has 0 fully saturated rings. The van der Waals surface area contributed by atoms with Crippen molar-refractivity contribution in [2.45, 2.75) is 6.92 Å². The Morgan fingerprint density at radius 2 is 1.96 bits per heavy atom. The summed E-state index contributed by atoms with van der Waals surface area (Å²) in [5, 5.41) is 4.09. The molecule has 1 aromatic carbocycles. The molecule has 8 heteroatoms. The summed E-state index contributed by atoms with van der Waals surface area (Å²) in [4.78, 5) is 28.9. The Balaban J connectivity index is 2.24. The van der Waals surface area contributed by atoms with Crippen molar-refractivity contribution in [1.82, 2.24) is 14.6 Å². The highest BCUT2D eigenvalue weighted by atomic mass is 16.5. The number of benzene rings is 1. The van der Waals surface area contributed by atoms with Gasteiger partial charge in [-0.1, -0.05) is 12.1 Å². The van der Waals surface area contributed by atoms with Gasteiger partial charge in [0.25, 0.3) is 0 Å². The molecule has 0 saturated carbocycles. The molecule has 0 radical (unpaired) electrons. The lowest BCUT2D eigenvalue weighted by Crippen LogP contribution is -2.12. The predicted octanol–water partition coefficient (Wildman–Crippen LogP) is 2.37. The highest BCUT2D eigenvalue weighted by molar-refractivity contribution is 5.97. The van der Waals surface area contributed by atoms with Crippen LogP contribution in [0, 0.1) is 0 Å². The predicted molar refractivity (Wildman–Crippen MR) is 92.3 cm³/mol. The quantitative estimate of drug-likeness (QED) is 0.649. The molecule has 0 unspecified atom stereocenters. The summed E-state index contributed by atoms with van der Waals surface area (Å²) in [7, 11) is 2.83. The van der Waals surface area contributed by atoms with Gasteiger partial charge in [0.15, 0.2) is 11.3 Å². The van der Waals surface area contributed by atoms with Crippen molar-refractivity contribution >= 4 is 17.6 Å². The van der Waals surface area contributed by atoms with E-state index in [-0.39, 0.29) is 23.5 Å². The molecule has 0 aliphatic heterocycles. The molecule has 0 N–H and O–H groups in total. The molecule has 0 aliphatic carbocycles. The molecule has 0 aliphatic rings. The molecule has 2 heterocycles. The number of ether oxygens (including phenoxy) is 3. The van der Waals surface area contributed by atoms with Gasteiger partial charge >= 0.3 is 11.9 Å². The van der Waals surface area contributed by atoms with Crippen LogP contribution in [0.3, 0.4) is 0 Å². The monoisotopic (exact) mass is 355 g/mol. The zero-order chi connectivity index (χ0) is 18.7. The molecule has 0 bridgehead atoms. The summed E-state index contributed by atoms with van der Waals surface area (Å²) in [6.45, 7) is 1.92. The van der Waals surface area contributed by atoms with E-state index in [1.807, 2.05) is 6.07 Å². The number of esters is 2. The molecule has 0 amide bonds. The maximum atomic E-state index is 12.2. The fourth-order valence-corrected chi connectivity index (χ4v) is 2.50. The van der Waals surface area contributed by atoms with Gasteiger partial charge in [-0.05, 0) is 25.1 Å². The smallest absolute Gasteiger partial charge is 0.356 e. The van der Waals surface area contributed by atoms with Crippen LogP contribution in [0.5, 0.6) is 5.75 Å². The average molecular weight is 355 g/mol. The van der Waals surface area contributed by atoms with E-state index in [0.717, 1.165) is 0 Å². The first kappa shape index (κ1) is 17.4. The van der Waals surface area contributed by atoms with Crippen LogP contribution in [0.1, 0.15) is 27.8 Å². The van der Waals surface area contributed by atoms with E-state index >= 15 is 0 Å². The second-order valence-corrected chi connectivity index (χ2v) is 5.26. The summed E-state index contributed by atoms with van der Waals surface area (Å²) >= 11 is 0. The third-order valence-electron chi connectivity index (χ3n) is 3.73. The zero-order valence-electron chi connectivity index (χ0n) is 14.6. The van der Waals surface area contributed by atoms with E-state index in [1.165, 1.54) is 17.8 Å². The van der Waals surface area contributed by atoms with Crippen LogP contribution in [0.2, 0.25) is 0 Å². The van der Waals surface area contributed by atoms with E-state index in [9.17, 15) is 9.59 Å². The highest BCUT2D eigenvalue weighted by Gasteiger charge is 2.21. The molecule has 0 saturated heterocycles. The third kappa shape index (κ3) is 3.08. The fourth-order valence-electron chi connectivity index (χ4n) is 2.50. The molecule has 3 rings (SSSR count). The van der Waals surface area contributed by atoms with E-state index in [4.69, 9.17) is 14.2 Å². The second-order valence-electron chi connectivity index (χ2n) is 5.26. The van der Waals surface area contributed by atoms with Crippen LogP contribution in [0.4, 0.5) is 0 Å². The van der Waals surface area contributed by atoms with Gasteiger partial charge in [-0.15, -0.1) is 0 Å². The first-order chi connectivity index (χ1) is 12.6. The van der Waals surface area contributed by atoms with Crippen LogP contribution >= 0.6 is 0 Å². The van der Waals surface area contributed by atoms with Crippen molar-refractivity contribution in [2.75, 3.05) is 20.8 Å². The number of aromatic nitrogens is 3. The lowest BCUT2D eigenvalue weighted by atomic mass is 10.1. The molecular weight excluding hydrogens is 338 g/mol. The Bertz CT molecular complexity index is 980. The van der Waals surface area contributed by atoms with Gasteiger partial charge in [0.2, 0.25) is 0 Å². The maximum absolute atomic E-state index is 12.2. The standard InChI is InChI=1S/C18H17N3O5/c1-4-26-17(22)13-10-19-21-15(18(23)25-3)9-14(20-16(13)21)11-6-5-7-12(8-11)24-2/h5-10H,4H2,1-3H3. The van der Waals surface area contributed by atoms with Crippen molar-refractivity contribution in [3.05, 3.63) is 47.8 Å². The van der Waals surface area contributed by atoms with Gasteiger partial charge in [-0.25, -0.2) is 19.1 Å². The minimum atomic E-state index is -0.597. The summed E-state index contributed by atoms with van der Waals surface area (Å²) in [6, 6.07) is 8.76. The van der Waals surface area contributed by atoms with Crippen molar-refractivity contribution in [3.63, 3.8) is 0 Å². The zero-order valence-corrected chi connectivity index (χ0v) is 14.6. The number of carbonyl (C=O) groups is 2. The van der Waals surface area contributed by atoms with Gasteiger partial charge in [0.1, 0.15) is 11.3 Å². The maximum Gasteiger partial charge on any atom is 0.356 e. The lowest BCUT2D eigenvalue weighted by molar-refractivity contribution is 0.0526. The molecule has 8 nitrogen and oxygen atoms in total. The SMILES string of the molecule is CCOC(=O)c1cnn2c(C(=O)OC)cc(-c3cccc(OC)c3)nc12. The van der Waals surface area contributed by atoms with Gasteiger partial charge in [-0.3, -0.25) is 0 Å². The average Bonchev–Trinajstić information content (AvgIpc) is 3.11. The minimum absolute atomic E-state index is 0.144. The van der Waals surface area contributed by atoms with Gasteiger partial charge in [0, 0.05) is 5.56 Å². The van der Waals surface area contributed by atoms with Gasteiger partial charge < -0.3 is 14.2 Å². The summed E-state index contributed by atoms with van der Waals surface area (Å²) < 4.78 is 16.4. The number of hydrogen-bond donors (Lipinski definition) is 0. The fraction of sp³-hybridized carbons (Fsp3) is 0.222. The molecular formula is C18H17N3O5. The van der Waals surface area contributed by atoms with E-state index in [1.54, 1.807) is 38.3 Å². The van der Waals surface area contributed by atoms with Crippen molar-refractivity contribution in [2.24, 2.45) is 0 Å². The molecule has 134 valence electrons. The number of nitrogens with zero attached hydrogens (tertiary/aromatic N) is 3. The van der Waals surface area contributed by atoms with E-state index < -0.39 is 11.9 Å². The van der Waals surface area contributed by atoms with Crippen molar-refractivity contribution in [3.8, 4) is 17.0 Å². The van der Waals surface area contributed by atoms with E-state index in [0.29, 0.717) is 17.0 Å². The Labute approximate surface area is 149 Å². The minimum Gasteiger partial charge on any atom is -0.497 e. The number of rotatable bonds is 5. The number of hydrogen-bond acceptors (Lipinski definition) is 7. The molecule has 3 aromatic rings. The topological polar surface area (TPSA) is 92.0 Å². The first-order valence-electron chi connectivity index (χ1n) is 7.87. The van der Waals surface area contributed by atoms with Crippen molar-refractivity contribution in [1.29, 1.82) is 0 Å². The summed E-state index contributed by atoms with van der Waals surface area (Å²) in [5.74, 6) is -0.517. The van der Waals surface area contributed by atoms with Crippen LogP contribution in [0.15, 0.2) is 36.5 Å². The Hall–Kier alpha value is -3.42. The Kier molecular flexibility index (Phi) is 4.83. The summed E-state index contributed by atoms with van der Waals surface area (Å²) in [6.07, 6.45) is 1.32. The largest absolute Gasteiger partial charge is 0.497 e. The Morgan fingerprint density at radius 1 is 1.15 bits per heavy atom. The molecule has 2 aromatic heterocycles. The number of methoxy groups -OCH3 is 2. The van der Waals surface area contributed by atoms with Gasteiger partial charge in [0.05, 0.1) is 32.7 Å². The molecule has 26 heavy (non-hydrogen) atoms. The summed E-state index contributed by atoms with van der Waals surface area (Å²) in [5.41, 5.74) is 1.72. The normalized spacial score (nSPS) is 10.6. The van der Waals surface area contributed by atoms with E-state index in [2.05, 4.69) is 10.1 Å². The van der Waals surface area contributed by atoms with Crippen LogP contribution < -0.4 is 4.74 Å². The lowest BCUT2D eigenvalue weighted by Gasteiger charge is -2.08. The molecule has 0 atom stereocenters. The highest BCUT2D eigenvalue weighted by Crippen LogP contribution is 2.25. The Morgan fingerprint density at radius 3 is 2.65 bits per heavy atom. The first-order valence-corrected chi connectivity index (χ1v) is 7.87. The van der Waals surface area contributed by atoms with Crippen molar-refractivity contribution < 1.29 is 23.8 Å². The second kappa shape index (κ2) is 7.22. The number of carbonyl (C=O) groups excluding carboxylic acids is 2. The van der Waals surface area contributed by atoms with Crippen LogP contribution in [0.25, 0.3) is 16.9 Å². The van der Waals surface area contributed by atoms with Gasteiger partial charge in [-0.2, -0.15) is 5.10 Å². The van der Waals surface area contributed by atoms with Crippen LogP contribution in [-0.2, 0) is 9.47 Å².